The summed E-state index contributed by atoms with van der Waals surface area (Å²) in [5.74, 6) is 0.560. The maximum Gasteiger partial charge on any atom is 0.213 e. The van der Waals surface area contributed by atoms with Crippen molar-refractivity contribution < 1.29 is 13.2 Å². The van der Waals surface area contributed by atoms with E-state index < -0.39 is 10.0 Å². The molecule has 5 nitrogen and oxygen atoms in total. The number of hydrogen-bond donors (Lipinski definition) is 2. The topological polar surface area (TPSA) is 67.4 Å². The van der Waals surface area contributed by atoms with Crippen molar-refractivity contribution in [2.45, 2.75) is 31.7 Å². The minimum Gasteiger partial charge on any atom is -0.381 e. The highest BCUT2D eigenvalue weighted by atomic mass is 32.2. The molecular formula is C11H22N2O3S. The van der Waals surface area contributed by atoms with Crippen LogP contribution in [0.5, 0.6) is 0 Å². The van der Waals surface area contributed by atoms with Crippen LogP contribution in [-0.4, -0.2) is 46.5 Å². The fourth-order valence-corrected chi connectivity index (χ4v) is 3.80. The molecule has 0 aromatic heterocycles. The number of piperidine rings is 1. The monoisotopic (exact) mass is 262 g/mol. The van der Waals surface area contributed by atoms with E-state index in [1.165, 1.54) is 0 Å². The molecule has 17 heavy (non-hydrogen) atoms. The fraction of sp³-hybridized carbons (Fsp3) is 1.00. The second-order valence-electron chi connectivity index (χ2n) is 5.01. The summed E-state index contributed by atoms with van der Waals surface area (Å²) >= 11 is 0. The molecule has 0 aromatic rings. The third-order valence-electron chi connectivity index (χ3n) is 3.45. The van der Waals surface area contributed by atoms with Gasteiger partial charge >= 0.3 is 0 Å². The molecule has 2 aliphatic heterocycles. The summed E-state index contributed by atoms with van der Waals surface area (Å²) in [6, 6.07) is 0.126. The maximum atomic E-state index is 11.9. The highest BCUT2D eigenvalue weighted by Gasteiger charge is 2.23. The zero-order chi connectivity index (χ0) is 12.1. The molecule has 0 bridgehead atoms. The van der Waals surface area contributed by atoms with Gasteiger partial charge in [-0.2, -0.15) is 0 Å². The first kappa shape index (κ1) is 13.3. The van der Waals surface area contributed by atoms with Crippen molar-refractivity contribution in [1.82, 2.24) is 10.0 Å². The molecule has 2 atom stereocenters. The highest BCUT2D eigenvalue weighted by Crippen LogP contribution is 2.12. The normalized spacial score (nSPS) is 30.6. The number of sulfonamides is 1. The van der Waals surface area contributed by atoms with Crippen molar-refractivity contribution in [3.05, 3.63) is 0 Å². The lowest BCUT2D eigenvalue weighted by molar-refractivity contribution is 0.186. The summed E-state index contributed by atoms with van der Waals surface area (Å²) in [6.07, 6.45) is 4.21. The molecule has 0 aliphatic carbocycles. The Morgan fingerprint density at radius 2 is 2.18 bits per heavy atom. The quantitative estimate of drug-likeness (QED) is 0.736. The van der Waals surface area contributed by atoms with E-state index in [1.807, 2.05) is 0 Å². The van der Waals surface area contributed by atoms with E-state index in [4.69, 9.17) is 4.74 Å². The van der Waals surface area contributed by atoms with Crippen LogP contribution in [0.3, 0.4) is 0 Å². The molecule has 100 valence electrons. The number of nitrogens with one attached hydrogen (secondary N) is 2. The molecule has 2 heterocycles. The van der Waals surface area contributed by atoms with E-state index in [-0.39, 0.29) is 11.8 Å². The molecule has 2 fully saturated rings. The van der Waals surface area contributed by atoms with Crippen LogP contribution in [0.4, 0.5) is 0 Å². The molecule has 2 unspecified atom stereocenters. The Bertz CT molecular complexity index is 320. The first-order valence-electron chi connectivity index (χ1n) is 6.44. The van der Waals surface area contributed by atoms with Crippen LogP contribution < -0.4 is 10.0 Å². The summed E-state index contributed by atoms with van der Waals surface area (Å²) in [7, 11) is -3.14. The zero-order valence-corrected chi connectivity index (χ0v) is 11.0. The van der Waals surface area contributed by atoms with Crippen molar-refractivity contribution in [3.63, 3.8) is 0 Å². The molecule has 0 radical (unpaired) electrons. The lowest BCUT2D eigenvalue weighted by Gasteiger charge is -2.23. The molecule has 2 aliphatic rings. The Morgan fingerprint density at radius 1 is 1.29 bits per heavy atom. The van der Waals surface area contributed by atoms with Gasteiger partial charge < -0.3 is 10.1 Å². The Kier molecular flexibility index (Phi) is 4.78. The standard InChI is InChI=1S/C11H22N2O3S/c14-17(15,9-11-3-1-2-5-12-11)13-7-10-4-6-16-8-10/h10-13H,1-9H2. The summed E-state index contributed by atoms with van der Waals surface area (Å²) in [5.41, 5.74) is 0. The molecule has 2 saturated heterocycles. The third-order valence-corrected chi connectivity index (χ3v) is 4.90. The molecule has 0 saturated carbocycles. The van der Waals surface area contributed by atoms with Crippen LogP contribution in [0, 0.1) is 5.92 Å². The van der Waals surface area contributed by atoms with Gasteiger partial charge in [0.25, 0.3) is 0 Å². The summed E-state index contributed by atoms with van der Waals surface area (Å²) in [6.45, 7) is 2.91. The van der Waals surface area contributed by atoms with E-state index >= 15 is 0 Å². The van der Waals surface area contributed by atoms with Gasteiger partial charge in [-0.05, 0) is 31.7 Å². The molecular weight excluding hydrogens is 240 g/mol. The number of ether oxygens (including phenoxy) is 1. The summed E-state index contributed by atoms with van der Waals surface area (Å²) in [5, 5.41) is 3.26. The minimum absolute atomic E-state index is 0.126. The summed E-state index contributed by atoms with van der Waals surface area (Å²) < 4.78 is 31.7. The average Bonchev–Trinajstić information content (AvgIpc) is 2.80. The molecule has 0 spiro atoms. The lowest BCUT2D eigenvalue weighted by atomic mass is 10.1. The predicted molar refractivity (Wildman–Crippen MR) is 66.4 cm³/mol. The predicted octanol–water partition coefficient (Wildman–Crippen LogP) is 0.0844. The first-order valence-corrected chi connectivity index (χ1v) is 8.09. The Hall–Kier alpha value is -0.170. The second kappa shape index (κ2) is 6.13. The van der Waals surface area contributed by atoms with Crippen molar-refractivity contribution in [3.8, 4) is 0 Å². The van der Waals surface area contributed by atoms with Gasteiger partial charge in [0.15, 0.2) is 0 Å². The van der Waals surface area contributed by atoms with Gasteiger partial charge in [0.1, 0.15) is 0 Å². The van der Waals surface area contributed by atoms with Crippen molar-refractivity contribution in [2.75, 3.05) is 32.1 Å². The Balaban J connectivity index is 1.73. The van der Waals surface area contributed by atoms with Crippen LogP contribution in [0.2, 0.25) is 0 Å². The molecule has 2 rings (SSSR count). The molecule has 6 heteroatoms. The van der Waals surface area contributed by atoms with E-state index in [0.29, 0.717) is 19.1 Å². The number of rotatable bonds is 5. The van der Waals surface area contributed by atoms with Gasteiger partial charge in [-0.1, -0.05) is 6.42 Å². The lowest BCUT2D eigenvalue weighted by Crippen LogP contribution is -2.43. The van der Waals surface area contributed by atoms with Crippen LogP contribution in [0.25, 0.3) is 0 Å². The van der Waals surface area contributed by atoms with Crippen molar-refractivity contribution in [2.24, 2.45) is 5.92 Å². The van der Waals surface area contributed by atoms with Gasteiger partial charge in [0.05, 0.1) is 12.4 Å². The first-order chi connectivity index (χ1) is 8.16. The van der Waals surface area contributed by atoms with Crippen LogP contribution in [-0.2, 0) is 14.8 Å². The summed E-state index contributed by atoms with van der Waals surface area (Å²) in [4.78, 5) is 0. The molecule has 2 N–H and O–H groups in total. The largest absolute Gasteiger partial charge is 0.381 e. The van der Waals surface area contributed by atoms with Gasteiger partial charge in [-0.15, -0.1) is 0 Å². The minimum atomic E-state index is -3.14. The van der Waals surface area contributed by atoms with Crippen LogP contribution in [0.1, 0.15) is 25.7 Å². The Labute approximate surface area is 103 Å². The average molecular weight is 262 g/mol. The van der Waals surface area contributed by atoms with E-state index in [2.05, 4.69) is 10.0 Å². The van der Waals surface area contributed by atoms with Crippen molar-refractivity contribution in [1.29, 1.82) is 0 Å². The van der Waals surface area contributed by atoms with E-state index in [0.717, 1.165) is 38.8 Å². The fourth-order valence-electron chi connectivity index (χ4n) is 2.38. The highest BCUT2D eigenvalue weighted by molar-refractivity contribution is 7.89. The van der Waals surface area contributed by atoms with Gasteiger partial charge in [-0.25, -0.2) is 13.1 Å². The van der Waals surface area contributed by atoms with Gasteiger partial charge in [0, 0.05) is 19.2 Å². The van der Waals surface area contributed by atoms with Gasteiger partial charge in [-0.3, -0.25) is 0 Å². The molecule has 0 amide bonds. The van der Waals surface area contributed by atoms with E-state index in [1.54, 1.807) is 0 Å². The Morgan fingerprint density at radius 3 is 2.82 bits per heavy atom. The number of hydrogen-bond acceptors (Lipinski definition) is 4. The van der Waals surface area contributed by atoms with Crippen LogP contribution >= 0.6 is 0 Å². The zero-order valence-electron chi connectivity index (χ0n) is 10.2. The van der Waals surface area contributed by atoms with Crippen molar-refractivity contribution >= 4 is 10.0 Å². The SMILES string of the molecule is O=S(=O)(CC1CCCCN1)NCC1CCOC1. The smallest absolute Gasteiger partial charge is 0.213 e. The second-order valence-corrected chi connectivity index (χ2v) is 6.86. The van der Waals surface area contributed by atoms with Crippen LogP contribution in [0.15, 0.2) is 0 Å². The maximum absolute atomic E-state index is 11.9. The third kappa shape index (κ3) is 4.54. The van der Waals surface area contributed by atoms with E-state index in [9.17, 15) is 8.42 Å². The molecule has 0 aromatic carbocycles. The van der Waals surface area contributed by atoms with Gasteiger partial charge in [0.2, 0.25) is 10.0 Å².